The molecule has 19 heavy (non-hydrogen) atoms. The van der Waals surface area contributed by atoms with Gasteiger partial charge in [0.1, 0.15) is 11.5 Å². The fourth-order valence-corrected chi connectivity index (χ4v) is 2.69. The number of phenolic OH excluding ortho intramolecular Hbond substituents is 1. The first-order valence-electron chi connectivity index (χ1n) is 7.09. The molecule has 1 fully saturated rings. The number of hydrogen-bond donors (Lipinski definition) is 2. The first-order chi connectivity index (χ1) is 9.00. The number of ether oxygens (including phenoxy) is 1. The molecule has 0 radical (unpaired) electrons. The molecule has 0 spiro atoms. The fourth-order valence-electron chi connectivity index (χ4n) is 2.69. The topological polar surface area (TPSA) is 41.5 Å². The number of hydrogen-bond acceptors (Lipinski definition) is 3. The van der Waals surface area contributed by atoms with Crippen molar-refractivity contribution in [3.05, 3.63) is 23.8 Å². The van der Waals surface area contributed by atoms with E-state index in [4.69, 9.17) is 4.74 Å². The first-order valence-corrected chi connectivity index (χ1v) is 7.09. The SMILES string of the molecule is COc1ccc(O)c(CNC2CCC(C)(C)CC2)c1. The summed E-state index contributed by atoms with van der Waals surface area (Å²) in [4.78, 5) is 0. The van der Waals surface area contributed by atoms with E-state index in [0.717, 1.165) is 11.3 Å². The van der Waals surface area contributed by atoms with Crippen LogP contribution >= 0.6 is 0 Å². The van der Waals surface area contributed by atoms with E-state index < -0.39 is 0 Å². The fraction of sp³-hybridized carbons (Fsp3) is 0.625. The van der Waals surface area contributed by atoms with Gasteiger partial charge >= 0.3 is 0 Å². The lowest BCUT2D eigenvalue weighted by Crippen LogP contribution is -2.35. The van der Waals surface area contributed by atoms with E-state index in [9.17, 15) is 5.11 Å². The van der Waals surface area contributed by atoms with Crippen molar-refractivity contribution in [2.24, 2.45) is 5.41 Å². The molecule has 0 heterocycles. The van der Waals surface area contributed by atoms with E-state index in [2.05, 4.69) is 19.2 Å². The quantitative estimate of drug-likeness (QED) is 0.874. The van der Waals surface area contributed by atoms with Crippen LogP contribution in [0.4, 0.5) is 0 Å². The number of aromatic hydroxyl groups is 1. The van der Waals surface area contributed by atoms with Crippen LogP contribution in [0.15, 0.2) is 18.2 Å². The third-order valence-electron chi connectivity index (χ3n) is 4.21. The maximum Gasteiger partial charge on any atom is 0.120 e. The van der Waals surface area contributed by atoms with Crippen LogP contribution in [0.1, 0.15) is 45.1 Å². The van der Waals surface area contributed by atoms with Crippen LogP contribution in [-0.2, 0) is 6.54 Å². The van der Waals surface area contributed by atoms with Crippen molar-refractivity contribution in [1.29, 1.82) is 0 Å². The monoisotopic (exact) mass is 263 g/mol. The normalized spacial score (nSPS) is 19.3. The minimum atomic E-state index is 0.337. The van der Waals surface area contributed by atoms with Gasteiger partial charge in [-0.05, 0) is 49.3 Å². The number of methoxy groups -OCH3 is 1. The van der Waals surface area contributed by atoms with Crippen LogP contribution in [0.3, 0.4) is 0 Å². The summed E-state index contributed by atoms with van der Waals surface area (Å²) >= 11 is 0. The zero-order valence-electron chi connectivity index (χ0n) is 12.2. The van der Waals surface area contributed by atoms with E-state index in [1.54, 1.807) is 19.2 Å². The highest BCUT2D eigenvalue weighted by Gasteiger charge is 2.26. The van der Waals surface area contributed by atoms with E-state index in [0.29, 0.717) is 23.8 Å². The molecule has 1 aliphatic rings. The molecule has 0 aliphatic heterocycles. The Kier molecular flexibility index (Phi) is 4.35. The van der Waals surface area contributed by atoms with Gasteiger partial charge in [0.25, 0.3) is 0 Å². The molecule has 0 aromatic heterocycles. The Morgan fingerprint density at radius 1 is 1.32 bits per heavy atom. The summed E-state index contributed by atoms with van der Waals surface area (Å²) in [5, 5.41) is 13.4. The van der Waals surface area contributed by atoms with Crippen LogP contribution in [-0.4, -0.2) is 18.3 Å². The van der Waals surface area contributed by atoms with Crippen molar-refractivity contribution >= 4 is 0 Å². The summed E-state index contributed by atoms with van der Waals surface area (Å²) in [7, 11) is 1.65. The molecule has 3 heteroatoms. The smallest absolute Gasteiger partial charge is 0.120 e. The lowest BCUT2D eigenvalue weighted by molar-refractivity contribution is 0.205. The van der Waals surface area contributed by atoms with E-state index in [1.165, 1.54) is 25.7 Å². The number of rotatable bonds is 4. The molecule has 0 atom stereocenters. The molecule has 0 unspecified atom stereocenters. The Balaban J connectivity index is 1.89. The predicted octanol–water partition coefficient (Wildman–Crippen LogP) is 3.46. The van der Waals surface area contributed by atoms with Gasteiger partial charge in [-0.2, -0.15) is 0 Å². The van der Waals surface area contributed by atoms with Crippen molar-refractivity contribution in [3.63, 3.8) is 0 Å². The molecule has 106 valence electrons. The molecule has 1 aromatic rings. The van der Waals surface area contributed by atoms with Crippen molar-refractivity contribution in [2.45, 2.75) is 52.1 Å². The van der Waals surface area contributed by atoms with Gasteiger partial charge < -0.3 is 15.2 Å². The Bertz CT molecular complexity index is 419. The molecule has 0 bridgehead atoms. The summed E-state index contributed by atoms with van der Waals surface area (Å²) in [6, 6.07) is 5.94. The van der Waals surface area contributed by atoms with Crippen LogP contribution in [0, 0.1) is 5.41 Å². The third kappa shape index (κ3) is 3.87. The highest BCUT2D eigenvalue weighted by molar-refractivity contribution is 5.39. The second kappa shape index (κ2) is 5.83. The van der Waals surface area contributed by atoms with Crippen molar-refractivity contribution in [1.82, 2.24) is 5.32 Å². The van der Waals surface area contributed by atoms with E-state index in [1.807, 2.05) is 6.07 Å². The van der Waals surface area contributed by atoms with Gasteiger partial charge in [0, 0.05) is 18.2 Å². The standard InChI is InChI=1S/C16H25NO2/c1-16(2)8-6-13(7-9-16)17-11-12-10-14(19-3)4-5-15(12)18/h4-5,10,13,17-18H,6-9,11H2,1-3H3. The Hall–Kier alpha value is -1.22. The van der Waals surface area contributed by atoms with Crippen LogP contribution < -0.4 is 10.1 Å². The molecular formula is C16H25NO2. The largest absolute Gasteiger partial charge is 0.508 e. The molecule has 0 saturated heterocycles. The third-order valence-corrected chi connectivity index (χ3v) is 4.21. The number of benzene rings is 1. The van der Waals surface area contributed by atoms with Crippen LogP contribution in [0.25, 0.3) is 0 Å². The van der Waals surface area contributed by atoms with Crippen LogP contribution in [0.5, 0.6) is 11.5 Å². The van der Waals surface area contributed by atoms with Gasteiger partial charge in [-0.15, -0.1) is 0 Å². The first kappa shape index (κ1) is 14.2. The average molecular weight is 263 g/mol. The summed E-state index contributed by atoms with van der Waals surface area (Å²) < 4.78 is 5.19. The average Bonchev–Trinajstić information content (AvgIpc) is 2.39. The minimum absolute atomic E-state index is 0.337. The zero-order chi connectivity index (χ0) is 13.9. The summed E-state index contributed by atoms with van der Waals surface area (Å²) in [5.74, 6) is 1.13. The zero-order valence-corrected chi connectivity index (χ0v) is 12.2. The van der Waals surface area contributed by atoms with Crippen molar-refractivity contribution in [3.8, 4) is 11.5 Å². The van der Waals surface area contributed by atoms with Crippen molar-refractivity contribution in [2.75, 3.05) is 7.11 Å². The molecule has 1 saturated carbocycles. The Labute approximate surface area is 116 Å². The van der Waals surface area contributed by atoms with Gasteiger partial charge in [0.2, 0.25) is 0 Å². The second-order valence-electron chi connectivity index (χ2n) is 6.31. The van der Waals surface area contributed by atoms with E-state index in [-0.39, 0.29) is 0 Å². The van der Waals surface area contributed by atoms with Gasteiger partial charge in [0.05, 0.1) is 7.11 Å². The van der Waals surface area contributed by atoms with Gasteiger partial charge in [-0.25, -0.2) is 0 Å². The maximum absolute atomic E-state index is 9.85. The molecule has 0 amide bonds. The minimum Gasteiger partial charge on any atom is -0.508 e. The van der Waals surface area contributed by atoms with E-state index >= 15 is 0 Å². The summed E-state index contributed by atoms with van der Waals surface area (Å²) in [6.07, 6.45) is 4.99. The second-order valence-corrected chi connectivity index (χ2v) is 6.31. The van der Waals surface area contributed by atoms with Crippen LogP contribution in [0.2, 0.25) is 0 Å². The lowest BCUT2D eigenvalue weighted by atomic mass is 9.75. The predicted molar refractivity (Wildman–Crippen MR) is 77.5 cm³/mol. The lowest BCUT2D eigenvalue weighted by Gasteiger charge is -2.34. The maximum atomic E-state index is 9.85. The highest BCUT2D eigenvalue weighted by Crippen LogP contribution is 2.35. The van der Waals surface area contributed by atoms with Gasteiger partial charge in [-0.3, -0.25) is 0 Å². The van der Waals surface area contributed by atoms with Crippen molar-refractivity contribution < 1.29 is 9.84 Å². The summed E-state index contributed by atoms with van der Waals surface area (Å²) in [6.45, 7) is 5.39. The number of phenols is 1. The molecule has 1 aliphatic carbocycles. The summed E-state index contributed by atoms with van der Waals surface area (Å²) in [5.41, 5.74) is 1.40. The molecule has 2 rings (SSSR count). The highest BCUT2D eigenvalue weighted by atomic mass is 16.5. The molecule has 1 aromatic carbocycles. The molecule has 2 N–H and O–H groups in total. The number of nitrogens with one attached hydrogen (secondary N) is 1. The molecular weight excluding hydrogens is 238 g/mol. The molecule has 3 nitrogen and oxygen atoms in total. The van der Waals surface area contributed by atoms with Gasteiger partial charge in [-0.1, -0.05) is 13.8 Å². The Morgan fingerprint density at radius 3 is 2.63 bits per heavy atom. The Morgan fingerprint density at radius 2 is 2.00 bits per heavy atom. The van der Waals surface area contributed by atoms with Gasteiger partial charge in [0.15, 0.2) is 0 Å².